The van der Waals surface area contributed by atoms with Crippen molar-refractivity contribution in [2.24, 2.45) is 51.2 Å². The summed E-state index contributed by atoms with van der Waals surface area (Å²) in [4.78, 5) is 29.7. The number of nitrogens with one attached hydrogen (secondary N) is 1. The summed E-state index contributed by atoms with van der Waals surface area (Å²) < 4.78 is 10.7. The number of carbonyl (C=O) groups excluding carboxylic acids is 2. The van der Waals surface area contributed by atoms with Crippen LogP contribution < -0.4 is 5.32 Å². The van der Waals surface area contributed by atoms with Gasteiger partial charge in [-0.05, 0) is 166 Å². The van der Waals surface area contributed by atoms with Gasteiger partial charge in [0.15, 0.2) is 0 Å². The Morgan fingerprint density at radius 1 is 0.893 bits per heavy atom. The minimum absolute atomic E-state index is 0.0455. The lowest BCUT2D eigenvalue weighted by molar-refractivity contribution is -0.219. The number of amides is 1. The number of esters is 1. The fourth-order valence-electron chi connectivity index (χ4n) is 15.5. The average Bonchev–Trinajstić information content (AvgIpc) is 3.84. The SMILES string of the molecule is C=C(C)[C@@H]1CC[C@]2(NCCN3C[C@@H]4CC3CN4C(=O)OC(C)(C)C)CC[C@]3(C)[C@H](CC[C@@H]4[C@@]5(C)CC=C(c6ccc(C(=O)OC)cc6)C(C)(C)[C@@H]5CC[C@]43C)[C@@H]12. The highest BCUT2D eigenvalue weighted by atomic mass is 16.6. The summed E-state index contributed by atoms with van der Waals surface area (Å²) in [5, 5.41) is 4.34. The Morgan fingerprint density at radius 3 is 2.27 bits per heavy atom. The molecule has 1 N–H and O–H groups in total. The highest BCUT2D eigenvalue weighted by molar-refractivity contribution is 5.90. The van der Waals surface area contributed by atoms with E-state index in [9.17, 15) is 9.59 Å². The second-order valence-corrected chi connectivity index (χ2v) is 22.1. The van der Waals surface area contributed by atoms with Gasteiger partial charge in [0.2, 0.25) is 0 Å². The second kappa shape index (κ2) is 13.7. The Morgan fingerprint density at radius 2 is 1.62 bits per heavy atom. The molecule has 7 nitrogen and oxygen atoms in total. The molecule has 1 aromatic carbocycles. The maximum atomic E-state index is 12.9. The molecule has 11 atom stereocenters. The lowest BCUT2D eigenvalue weighted by Gasteiger charge is -2.72. The van der Waals surface area contributed by atoms with Crippen molar-refractivity contribution in [3.8, 4) is 0 Å². The zero-order chi connectivity index (χ0) is 40.2. The van der Waals surface area contributed by atoms with E-state index >= 15 is 0 Å². The van der Waals surface area contributed by atoms with Crippen LogP contribution in [0.15, 0.2) is 42.5 Å². The van der Waals surface area contributed by atoms with Crippen LogP contribution in [0.3, 0.4) is 0 Å². The van der Waals surface area contributed by atoms with Gasteiger partial charge in [-0.1, -0.05) is 65.0 Å². The largest absolute Gasteiger partial charge is 0.465 e. The number of hydrogen-bond acceptors (Lipinski definition) is 6. The average molecular weight is 768 g/mol. The Balaban J connectivity index is 0.991. The highest BCUT2D eigenvalue weighted by Gasteiger charge is 2.70. The number of ether oxygens (including phenoxy) is 2. The third kappa shape index (κ3) is 6.08. The van der Waals surface area contributed by atoms with Gasteiger partial charge >= 0.3 is 12.1 Å². The lowest BCUT2D eigenvalue weighted by atomic mass is 9.33. The first-order valence-corrected chi connectivity index (χ1v) is 22.3. The van der Waals surface area contributed by atoms with Gasteiger partial charge in [-0.25, -0.2) is 9.59 Å². The molecule has 2 aliphatic heterocycles. The van der Waals surface area contributed by atoms with E-state index in [1.54, 1.807) is 0 Å². The quantitative estimate of drug-likeness (QED) is 0.220. The summed E-state index contributed by atoms with van der Waals surface area (Å²) in [5.41, 5.74) is 5.34. The van der Waals surface area contributed by atoms with Crippen LogP contribution in [-0.4, -0.2) is 78.4 Å². The van der Waals surface area contributed by atoms with Gasteiger partial charge < -0.3 is 19.7 Å². The molecule has 2 saturated heterocycles. The molecule has 8 rings (SSSR count). The molecule has 7 aliphatic rings. The first-order valence-electron chi connectivity index (χ1n) is 22.3. The number of carbonyl (C=O) groups is 2. The van der Waals surface area contributed by atoms with Crippen LogP contribution in [0.1, 0.15) is 142 Å². The Labute approximate surface area is 338 Å². The maximum Gasteiger partial charge on any atom is 0.410 e. The number of methoxy groups -OCH3 is 1. The number of rotatable bonds is 7. The van der Waals surface area contributed by atoms with Crippen molar-refractivity contribution < 1.29 is 19.1 Å². The van der Waals surface area contributed by atoms with Gasteiger partial charge in [0.1, 0.15) is 5.60 Å². The van der Waals surface area contributed by atoms with E-state index in [0.29, 0.717) is 52.0 Å². The number of hydrogen-bond donors (Lipinski definition) is 1. The molecular formula is C49H73N3O4. The molecule has 2 bridgehead atoms. The Hall–Kier alpha value is -2.64. The summed E-state index contributed by atoms with van der Waals surface area (Å²) in [5.74, 6) is 2.98. The molecule has 1 unspecified atom stereocenters. The van der Waals surface area contributed by atoms with Gasteiger partial charge in [-0.2, -0.15) is 0 Å². The van der Waals surface area contributed by atoms with Crippen LogP contribution in [0, 0.1) is 51.2 Å². The standard InChI is InChI=1S/C49H73N3O4/c1-31(2)36-18-23-49(50-26-27-51-29-35-28-34(51)30-52(35)43(54)56-44(3,4)5)25-24-47(9)38(41(36)49)16-17-40-46(8)21-19-37(32-12-14-33(15-13-32)42(53)55-11)45(6,7)39(46)20-22-48(40,47)10/h12-15,19,34-36,38-41,50H,1,16-18,20-30H2,2-11H3/t34?,35-,36-,38+,39-,40+,41+,46-,47+,48+,49-/m0/s1. The first-order chi connectivity index (χ1) is 26.3. The molecule has 0 aromatic heterocycles. The molecule has 7 heteroatoms. The summed E-state index contributed by atoms with van der Waals surface area (Å²) >= 11 is 0. The Bertz CT molecular complexity index is 1760. The monoisotopic (exact) mass is 768 g/mol. The normalized spacial score (nSPS) is 41.2. The molecule has 308 valence electrons. The smallest absolute Gasteiger partial charge is 0.410 e. The maximum absolute atomic E-state index is 12.9. The number of piperazine rings is 1. The second-order valence-electron chi connectivity index (χ2n) is 22.1. The van der Waals surface area contributed by atoms with Crippen molar-refractivity contribution in [3.05, 3.63) is 53.6 Å². The van der Waals surface area contributed by atoms with E-state index < -0.39 is 5.60 Å². The number of likely N-dealkylation sites (tertiary alicyclic amines) is 2. The first kappa shape index (κ1) is 40.2. The summed E-state index contributed by atoms with van der Waals surface area (Å²) in [6, 6.07) is 8.86. The molecule has 1 aromatic rings. The molecule has 6 fully saturated rings. The van der Waals surface area contributed by atoms with E-state index in [-0.39, 0.29) is 34.5 Å². The molecular weight excluding hydrogens is 695 g/mol. The van der Waals surface area contributed by atoms with Crippen molar-refractivity contribution in [1.82, 2.24) is 15.1 Å². The summed E-state index contributed by atoms with van der Waals surface area (Å²) in [7, 11) is 1.45. The lowest BCUT2D eigenvalue weighted by Crippen LogP contribution is -2.68. The predicted octanol–water partition coefficient (Wildman–Crippen LogP) is 10.2. The van der Waals surface area contributed by atoms with Gasteiger partial charge in [0, 0.05) is 43.8 Å². The number of benzene rings is 1. The zero-order valence-electron chi connectivity index (χ0n) is 36.6. The minimum Gasteiger partial charge on any atom is -0.465 e. The van der Waals surface area contributed by atoms with Crippen molar-refractivity contribution in [1.29, 1.82) is 0 Å². The predicted molar refractivity (Wildman–Crippen MR) is 225 cm³/mol. The van der Waals surface area contributed by atoms with Crippen molar-refractivity contribution in [2.75, 3.05) is 33.3 Å². The van der Waals surface area contributed by atoms with E-state index in [1.165, 1.54) is 75.2 Å². The van der Waals surface area contributed by atoms with Crippen LogP contribution in [0.4, 0.5) is 4.79 Å². The van der Waals surface area contributed by atoms with Crippen molar-refractivity contribution in [3.63, 3.8) is 0 Å². The third-order valence-corrected chi connectivity index (χ3v) is 18.1. The Kier molecular flexibility index (Phi) is 9.83. The number of allylic oxidation sites excluding steroid dienone is 3. The molecule has 0 radical (unpaired) electrons. The van der Waals surface area contributed by atoms with E-state index in [1.807, 2.05) is 37.8 Å². The molecule has 1 amide bonds. The topological polar surface area (TPSA) is 71.1 Å². The van der Waals surface area contributed by atoms with Gasteiger partial charge in [-0.15, -0.1) is 0 Å². The number of fused-ring (bicyclic) bond motifs is 9. The van der Waals surface area contributed by atoms with Crippen LogP contribution >= 0.6 is 0 Å². The fraction of sp³-hybridized carbons (Fsp3) is 0.755. The van der Waals surface area contributed by atoms with Gasteiger partial charge in [0.05, 0.1) is 12.7 Å². The van der Waals surface area contributed by atoms with Crippen LogP contribution in [0.25, 0.3) is 5.57 Å². The fourth-order valence-corrected chi connectivity index (χ4v) is 15.5. The van der Waals surface area contributed by atoms with Crippen molar-refractivity contribution in [2.45, 2.75) is 150 Å². The molecule has 0 spiro atoms. The highest BCUT2D eigenvalue weighted by Crippen LogP contribution is 2.76. The zero-order valence-corrected chi connectivity index (χ0v) is 36.6. The van der Waals surface area contributed by atoms with E-state index in [2.05, 4.69) is 76.5 Å². The van der Waals surface area contributed by atoms with Gasteiger partial charge in [0.25, 0.3) is 0 Å². The van der Waals surface area contributed by atoms with Gasteiger partial charge in [-0.3, -0.25) is 4.90 Å². The van der Waals surface area contributed by atoms with E-state index in [0.717, 1.165) is 39.0 Å². The summed E-state index contributed by atoms with van der Waals surface area (Å²) in [6.07, 6.45) is 15.0. The van der Waals surface area contributed by atoms with E-state index in [4.69, 9.17) is 9.47 Å². The molecule has 56 heavy (non-hydrogen) atoms. The summed E-state index contributed by atoms with van der Waals surface area (Å²) in [6.45, 7) is 29.9. The van der Waals surface area contributed by atoms with Crippen LogP contribution in [0.2, 0.25) is 0 Å². The molecule has 5 aliphatic carbocycles. The van der Waals surface area contributed by atoms with Crippen molar-refractivity contribution >= 4 is 17.6 Å². The number of nitrogens with zero attached hydrogens (tertiary/aromatic N) is 2. The van der Waals surface area contributed by atoms with Crippen LogP contribution in [-0.2, 0) is 9.47 Å². The molecule has 2 heterocycles. The third-order valence-electron chi connectivity index (χ3n) is 18.1. The minimum atomic E-state index is -0.455. The van der Waals surface area contributed by atoms with Crippen LogP contribution in [0.5, 0.6) is 0 Å². The molecule has 4 saturated carbocycles.